The first-order valence-corrected chi connectivity index (χ1v) is 7.96. The molecule has 0 bridgehead atoms. The minimum absolute atomic E-state index is 0.139. The van der Waals surface area contributed by atoms with Gasteiger partial charge in [0, 0.05) is 39.4 Å². The van der Waals surface area contributed by atoms with Gasteiger partial charge in [-0.05, 0) is 26.0 Å². The number of hydrogen-bond donors (Lipinski definition) is 1. The molecule has 8 heteroatoms. The molecule has 0 unspecified atom stereocenters. The van der Waals surface area contributed by atoms with Crippen molar-refractivity contribution in [1.29, 1.82) is 0 Å². The van der Waals surface area contributed by atoms with Crippen LogP contribution in [0.3, 0.4) is 0 Å². The van der Waals surface area contributed by atoms with Gasteiger partial charge in [0.15, 0.2) is 0 Å². The summed E-state index contributed by atoms with van der Waals surface area (Å²) in [5.74, 6) is -0.139. The number of carbonyl (C=O) groups is 1. The van der Waals surface area contributed by atoms with E-state index in [2.05, 4.69) is 10.3 Å². The van der Waals surface area contributed by atoms with Gasteiger partial charge in [-0.3, -0.25) is 18.7 Å². The van der Waals surface area contributed by atoms with Crippen LogP contribution in [0.1, 0.15) is 23.2 Å². The lowest BCUT2D eigenvalue weighted by Gasteiger charge is -2.32. The van der Waals surface area contributed by atoms with Crippen molar-refractivity contribution in [2.24, 2.45) is 14.1 Å². The van der Waals surface area contributed by atoms with E-state index in [0.717, 1.165) is 17.4 Å². The minimum Gasteiger partial charge on any atom is -0.337 e. The molecule has 1 amide bonds. The van der Waals surface area contributed by atoms with Gasteiger partial charge in [-0.15, -0.1) is 0 Å². The summed E-state index contributed by atoms with van der Waals surface area (Å²) in [6, 6.07) is 1.82. The Balaban J connectivity index is 2.03. The molecule has 3 rings (SSSR count). The van der Waals surface area contributed by atoms with Crippen LogP contribution in [0.5, 0.6) is 0 Å². The normalized spacial score (nSPS) is 18.1. The second-order valence-electron chi connectivity index (χ2n) is 6.18. The first-order chi connectivity index (χ1) is 11.4. The molecule has 2 aromatic rings. The molecule has 1 saturated heterocycles. The van der Waals surface area contributed by atoms with E-state index in [1.807, 2.05) is 7.05 Å². The highest BCUT2D eigenvalue weighted by molar-refractivity contribution is 5.96. The van der Waals surface area contributed by atoms with Gasteiger partial charge >= 0.3 is 5.69 Å². The van der Waals surface area contributed by atoms with Crippen molar-refractivity contribution in [1.82, 2.24) is 24.3 Å². The predicted octanol–water partition coefficient (Wildman–Crippen LogP) is -0.544. The Labute approximate surface area is 138 Å². The predicted molar refractivity (Wildman–Crippen MR) is 90.2 cm³/mol. The van der Waals surface area contributed by atoms with Crippen LogP contribution in [0, 0.1) is 0 Å². The molecule has 128 valence electrons. The Morgan fingerprint density at radius 1 is 1.29 bits per heavy atom. The monoisotopic (exact) mass is 331 g/mol. The Morgan fingerprint density at radius 3 is 2.75 bits per heavy atom. The molecular formula is C16H21N5O3. The van der Waals surface area contributed by atoms with E-state index in [9.17, 15) is 14.4 Å². The maximum atomic E-state index is 12.7. The Kier molecular flexibility index (Phi) is 4.23. The van der Waals surface area contributed by atoms with Crippen LogP contribution in [-0.2, 0) is 14.1 Å². The minimum atomic E-state index is -0.443. The average molecular weight is 331 g/mol. The van der Waals surface area contributed by atoms with E-state index in [0.29, 0.717) is 18.7 Å². The van der Waals surface area contributed by atoms with Gasteiger partial charge in [0.25, 0.3) is 11.5 Å². The van der Waals surface area contributed by atoms with E-state index in [1.54, 1.807) is 11.9 Å². The molecule has 0 aromatic carbocycles. The van der Waals surface area contributed by atoms with Crippen molar-refractivity contribution >= 4 is 16.9 Å². The van der Waals surface area contributed by atoms with Crippen molar-refractivity contribution in [2.75, 3.05) is 20.1 Å². The number of nitrogens with one attached hydrogen (secondary N) is 1. The van der Waals surface area contributed by atoms with Gasteiger partial charge in [0.2, 0.25) is 0 Å². The van der Waals surface area contributed by atoms with Gasteiger partial charge in [-0.1, -0.05) is 0 Å². The number of aryl methyl sites for hydroxylation is 1. The van der Waals surface area contributed by atoms with Crippen molar-refractivity contribution < 1.29 is 4.79 Å². The van der Waals surface area contributed by atoms with Crippen molar-refractivity contribution in [2.45, 2.75) is 18.9 Å². The number of likely N-dealkylation sites (N-methyl/N-ethyl adjacent to an activating group) is 1. The number of piperidine rings is 1. The molecule has 0 spiro atoms. The summed E-state index contributed by atoms with van der Waals surface area (Å²) in [6.45, 7) is 1.33. The Hall–Kier alpha value is -2.48. The molecule has 0 aliphatic carbocycles. The number of pyridine rings is 1. The molecule has 0 saturated carbocycles. The first kappa shape index (κ1) is 16.4. The third-order valence-electron chi connectivity index (χ3n) is 4.66. The highest BCUT2D eigenvalue weighted by Gasteiger charge is 2.24. The second kappa shape index (κ2) is 6.20. The summed E-state index contributed by atoms with van der Waals surface area (Å²) in [6.07, 6.45) is 3.42. The molecule has 8 nitrogen and oxygen atoms in total. The molecular weight excluding hydrogens is 310 g/mol. The maximum Gasteiger partial charge on any atom is 0.332 e. The van der Waals surface area contributed by atoms with Crippen LogP contribution in [0.2, 0.25) is 0 Å². The van der Waals surface area contributed by atoms with Crippen LogP contribution in [0.15, 0.2) is 21.9 Å². The number of nitrogens with zero attached hydrogens (tertiary/aromatic N) is 4. The van der Waals surface area contributed by atoms with Gasteiger partial charge in [-0.2, -0.15) is 0 Å². The molecule has 1 atom stereocenters. The quantitative estimate of drug-likeness (QED) is 0.798. The number of rotatable bonds is 2. The second-order valence-corrected chi connectivity index (χ2v) is 6.18. The average Bonchev–Trinajstić information content (AvgIpc) is 2.63. The molecule has 0 radical (unpaired) electrons. The summed E-state index contributed by atoms with van der Waals surface area (Å²) in [7, 11) is 4.86. The lowest BCUT2D eigenvalue weighted by atomic mass is 10.0. The maximum absolute atomic E-state index is 12.7. The van der Waals surface area contributed by atoms with Gasteiger partial charge in [-0.25, -0.2) is 9.78 Å². The zero-order valence-corrected chi connectivity index (χ0v) is 14.1. The fourth-order valence-corrected chi connectivity index (χ4v) is 3.16. The van der Waals surface area contributed by atoms with E-state index in [4.69, 9.17) is 0 Å². The van der Waals surface area contributed by atoms with Crippen LogP contribution >= 0.6 is 0 Å². The highest BCUT2D eigenvalue weighted by atomic mass is 16.2. The van der Waals surface area contributed by atoms with E-state index >= 15 is 0 Å². The third kappa shape index (κ3) is 2.62. The Bertz CT molecular complexity index is 914. The number of likely N-dealkylation sites (tertiary alicyclic amines) is 1. The number of fused-ring (bicyclic) bond motifs is 1. The van der Waals surface area contributed by atoms with E-state index in [1.165, 1.54) is 23.9 Å². The number of aromatic nitrogens is 3. The molecule has 3 heterocycles. The summed E-state index contributed by atoms with van der Waals surface area (Å²) < 4.78 is 2.33. The molecule has 1 aliphatic rings. The van der Waals surface area contributed by atoms with E-state index < -0.39 is 11.2 Å². The molecule has 1 N–H and O–H groups in total. The highest BCUT2D eigenvalue weighted by Crippen LogP contribution is 2.15. The lowest BCUT2D eigenvalue weighted by molar-refractivity contribution is 0.0698. The SMILES string of the molecule is CN[C@H]1CCCN(C(=O)c2cnc3c(c2)c(=O)n(C)c(=O)n3C)C1. The molecule has 1 aliphatic heterocycles. The smallest absolute Gasteiger partial charge is 0.332 e. The third-order valence-corrected chi connectivity index (χ3v) is 4.66. The standard InChI is InChI=1S/C16H21N5O3/c1-17-11-5-4-6-21(9-11)14(22)10-7-12-13(18-8-10)19(2)16(24)20(3)15(12)23/h7-8,11,17H,4-6,9H2,1-3H3/t11-/m0/s1. The Morgan fingerprint density at radius 2 is 2.04 bits per heavy atom. The number of carbonyl (C=O) groups excluding carboxylic acids is 1. The fourth-order valence-electron chi connectivity index (χ4n) is 3.16. The molecule has 2 aromatic heterocycles. The van der Waals surface area contributed by atoms with Crippen LogP contribution in [0.25, 0.3) is 11.0 Å². The molecule has 24 heavy (non-hydrogen) atoms. The fraction of sp³-hybridized carbons (Fsp3) is 0.500. The van der Waals surface area contributed by atoms with Crippen LogP contribution in [0.4, 0.5) is 0 Å². The van der Waals surface area contributed by atoms with Gasteiger partial charge < -0.3 is 10.2 Å². The van der Waals surface area contributed by atoms with Crippen LogP contribution in [-0.4, -0.2) is 51.1 Å². The largest absolute Gasteiger partial charge is 0.337 e. The number of hydrogen-bond acceptors (Lipinski definition) is 5. The van der Waals surface area contributed by atoms with Gasteiger partial charge in [0.05, 0.1) is 10.9 Å². The van der Waals surface area contributed by atoms with Crippen molar-refractivity contribution in [3.8, 4) is 0 Å². The van der Waals surface area contributed by atoms with E-state index in [-0.39, 0.29) is 23.0 Å². The van der Waals surface area contributed by atoms with Gasteiger partial charge in [0.1, 0.15) is 5.65 Å². The summed E-state index contributed by atoms with van der Waals surface area (Å²) in [5.41, 5.74) is -0.227. The number of amides is 1. The first-order valence-electron chi connectivity index (χ1n) is 7.96. The zero-order chi connectivity index (χ0) is 17.4. The summed E-state index contributed by atoms with van der Waals surface area (Å²) in [4.78, 5) is 43.0. The molecule has 1 fully saturated rings. The van der Waals surface area contributed by atoms with Crippen molar-refractivity contribution in [3.05, 3.63) is 38.7 Å². The summed E-state index contributed by atoms with van der Waals surface area (Å²) >= 11 is 0. The van der Waals surface area contributed by atoms with Crippen LogP contribution < -0.4 is 16.6 Å². The zero-order valence-electron chi connectivity index (χ0n) is 14.1. The van der Waals surface area contributed by atoms with Crippen molar-refractivity contribution in [3.63, 3.8) is 0 Å². The topological polar surface area (TPSA) is 89.2 Å². The lowest BCUT2D eigenvalue weighted by Crippen LogP contribution is -2.47. The summed E-state index contributed by atoms with van der Waals surface area (Å²) in [5, 5.41) is 3.47.